The molecule has 3 aromatic carbocycles. The van der Waals surface area contributed by atoms with Crippen LogP contribution in [0, 0.1) is 27.7 Å². The minimum Gasteiger partial charge on any atom is -0.508 e. The Morgan fingerprint density at radius 3 is 1.70 bits per heavy atom. The van der Waals surface area contributed by atoms with E-state index in [9.17, 15) is 15.3 Å². The SMILES string of the molecule is Cc1ccc(O)c(Cc2cc(C)c(O)c(Cc3cc(C)ccc3O)c2C)c1. The molecule has 140 valence electrons. The highest BCUT2D eigenvalue weighted by atomic mass is 16.3. The van der Waals surface area contributed by atoms with Gasteiger partial charge in [0.05, 0.1) is 0 Å². The third kappa shape index (κ3) is 3.92. The summed E-state index contributed by atoms with van der Waals surface area (Å²) in [6, 6.07) is 13.1. The van der Waals surface area contributed by atoms with Crippen molar-refractivity contribution in [2.45, 2.75) is 40.5 Å². The fourth-order valence-corrected chi connectivity index (χ4v) is 3.55. The van der Waals surface area contributed by atoms with Gasteiger partial charge < -0.3 is 15.3 Å². The molecule has 3 nitrogen and oxygen atoms in total. The van der Waals surface area contributed by atoms with Crippen molar-refractivity contribution in [3.8, 4) is 17.2 Å². The molecule has 0 saturated heterocycles. The van der Waals surface area contributed by atoms with Gasteiger partial charge in [0, 0.05) is 18.4 Å². The molecule has 3 rings (SSSR count). The molecule has 3 N–H and O–H groups in total. The Morgan fingerprint density at radius 2 is 1.15 bits per heavy atom. The van der Waals surface area contributed by atoms with Crippen molar-refractivity contribution >= 4 is 0 Å². The van der Waals surface area contributed by atoms with Crippen molar-refractivity contribution in [3.05, 3.63) is 87.0 Å². The summed E-state index contributed by atoms with van der Waals surface area (Å²) in [5.41, 5.74) is 7.49. The van der Waals surface area contributed by atoms with Gasteiger partial charge in [-0.15, -0.1) is 0 Å². The summed E-state index contributed by atoms with van der Waals surface area (Å²) in [5, 5.41) is 31.1. The average molecular weight is 362 g/mol. The van der Waals surface area contributed by atoms with Crippen LogP contribution in [-0.2, 0) is 12.8 Å². The number of aryl methyl sites for hydroxylation is 3. The van der Waals surface area contributed by atoms with Crippen LogP contribution in [0.4, 0.5) is 0 Å². The van der Waals surface area contributed by atoms with E-state index >= 15 is 0 Å². The number of phenolic OH excluding ortho intramolecular Hbond substituents is 3. The van der Waals surface area contributed by atoms with Crippen LogP contribution < -0.4 is 0 Å². The van der Waals surface area contributed by atoms with E-state index in [4.69, 9.17) is 0 Å². The fraction of sp³-hybridized carbons (Fsp3) is 0.250. The third-order valence-electron chi connectivity index (χ3n) is 5.20. The Labute approximate surface area is 160 Å². The van der Waals surface area contributed by atoms with Gasteiger partial charge in [0.15, 0.2) is 0 Å². The van der Waals surface area contributed by atoms with Crippen LogP contribution in [0.3, 0.4) is 0 Å². The second kappa shape index (κ2) is 7.36. The van der Waals surface area contributed by atoms with Gasteiger partial charge in [-0.2, -0.15) is 0 Å². The number of benzene rings is 3. The number of hydrogen-bond acceptors (Lipinski definition) is 3. The molecule has 0 spiro atoms. The van der Waals surface area contributed by atoms with E-state index < -0.39 is 0 Å². The molecule has 3 heteroatoms. The minimum atomic E-state index is 0.235. The Morgan fingerprint density at radius 1 is 0.630 bits per heavy atom. The number of rotatable bonds is 4. The van der Waals surface area contributed by atoms with E-state index in [1.54, 1.807) is 12.1 Å². The lowest BCUT2D eigenvalue weighted by Gasteiger charge is -2.17. The third-order valence-corrected chi connectivity index (χ3v) is 5.20. The maximum absolute atomic E-state index is 10.7. The zero-order chi connectivity index (χ0) is 19.7. The van der Waals surface area contributed by atoms with Crippen LogP contribution in [0.15, 0.2) is 42.5 Å². The van der Waals surface area contributed by atoms with Crippen LogP contribution >= 0.6 is 0 Å². The van der Waals surface area contributed by atoms with E-state index in [1.165, 1.54) is 0 Å². The van der Waals surface area contributed by atoms with Crippen molar-refractivity contribution in [1.82, 2.24) is 0 Å². The standard InChI is InChI=1S/C24H26O3/c1-14-5-7-22(25)19(9-14)12-18-11-16(3)24(27)21(17(18)4)13-20-10-15(2)6-8-23(20)26/h5-11,25-27H,12-13H2,1-4H3. The highest BCUT2D eigenvalue weighted by molar-refractivity contribution is 5.54. The molecule has 0 aliphatic carbocycles. The summed E-state index contributed by atoms with van der Waals surface area (Å²) in [6.07, 6.45) is 1.05. The minimum absolute atomic E-state index is 0.235. The second-order valence-electron chi connectivity index (χ2n) is 7.42. The van der Waals surface area contributed by atoms with Gasteiger partial charge in [-0.05, 0) is 67.6 Å². The first-order valence-corrected chi connectivity index (χ1v) is 9.14. The Balaban J connectivity index is 2.05. The van der Waals surface area contributed by atoms with Gasteiger partial charge in [-0.1, -0.05) is 41.5 Å². The molecule has 0 amide bonds. The van der Waals surface area contributed by atoms with E-state index in [0.717, 1.165) is 44.5 Å². The number of aromatic hydroxyl groups is 3. The Hall–Kier alpha value is -2.94. The predicted molar refractivity (Wildman–Crippen MR) is 109 cm³/mol. The van der Waals surface area contributed by atoms with Crippen molar-refractivity contribution < 1.29 is 15.3 Å². The number of hydrogen-bond donors (Lipinski definition) is 3. The first-order valence-electron chi connectivity index (χ1n) is 9.14. The molecule has 27 heavy (non-hydrogen) atoms. The average Bonchev–Trinajstić information content (AvgIpc) is 2.62. The largest absolute Gasteiger partial charge is 0.508 e. The van der Waals surface area contributed by atoms with Gasteiger partial charge in [-0.25, -0.2) is 0 Å². The molecule has 3 aromatic rings. The van der Waals surface area contributed by atoms with Gasteiger partial charge in [-0.3, -0.25) is 0 Å². The van der Waals surface area contributed by atoms with Gasteiger partial charge in [0.25, 0.3) is 0 Å². The molecule has 0 bridgehead atoms. The zero-order valence-electron chi connectivity index (χ0n) is 16.3. The molecule has 0 unspecified atom stereocenters. The van der Waals surface area contributed by atoms with Crippen molar-refractivity contribution in [1.29, 1.82) is 0 Å². The lowest BCUT2D eigenvalue weighted by atomic mass is 9.89. The summed E-state index contributed by atoms with van der Waals surface area (Å²) in [6.45, 7) is 7.86. The monoisotopic (exact) mass is 362 g/mol. The molecular formula is C24H26O3. The van der Waals surface area contributed by atoms with Crippen molar-refractivity contribution in [3.63, 3.8) is 0 Å². The Bertz CT molecular complexity index is 1000. The van der Waals surface area contributed by atoms with Crippen LogP contribution in [0.5, 0.6) is 17.2 Å². The van der Waals surface area contributed by atoms with E-state index in [0.29, 0.717) is 12.8 Å². The van der Waals surface area contributed by atoms with E-state index in [2.05, 4.69) is 0 Å². The molecule has 0 saturated carbocycles. The van der Waals surface area contributed by atoms with Crippen LogP contribution in [0.25, 0.3) is 0 Å². The Kier molecular flexibility index (Phi) is 5.13. The van der Waals surface area contributed by atoms with Gasteiger partial charge in [0.1, 0.15) is 17.2 Å². The molecule has 0 aromatic heterocycles. The zero-order valence-corrected chi connectivity index (χ0v) is 16.3. The summed E-state index contributed by atoms with van der Waals surface area (Å²) in [7, 11) is 0. The molecule has 0 aliphatic rings. The predicted octanol–water partition coefficient (Wildman–Crippen LogP) is 5.22. The van der Waals surface area contributed by atoms with E-state index in [1.807, 2.05) is 58.0 Å². The summed E-state index contributed by atoms with van der Waals surface area (Å²) >= 11 is 0. The lowest BCUT2D eigenvalue weighted by molar-refractivity contribution is 0.459. The molecule has 0 fully saturated rings. The second-order valence-corrected chi connectivity index (χ2v) is 7.42. The van der Waals surface area contributed by atoms with Gasteiger partial charge in [0.2, 0.25) is 0 Å². The quantitative estimate of drug-likeness (QED) is 0.596. The van der Waals surface area contributed by atoms with Gasteiger partial charge >= 0.3 is 0 Å². The molecule has 0 radical (unpaired) electrons. The highest BCUT2D eigenvalue weighted by Crippen LogP contribution is 2.34. The summed E-state index contributed by atoms with van der Waals surface area (Å²) in [4.78, 5) is 0. The first kappa shape index (κ1) is 18.8. The topological polar surface area (TPSA) is 60.7 Å². The smallest absolute Gasteiger partial charge is 0.122 e. The normalized spacial score (nSPS) is 11.0. The molecule has 0 atom stereocenters. The fourth-order valence-electron chi connectivity index (χ4n) is 3.55. The lowest BCUT2D eigenvalue weighted by Crippen LogP contribution is -2.02. The van der Waals surface area contributed by atoms with Crippen molar-refractivity contribution in [2.75, 3.05) is 0 Å². The van der Waals surface area contributed by atoms with E-state index in [-0.39, 0.29) is 17.2 Å². The van der Waals surface area contributed by atoms with Crippen molar-refractivity contribution in [2.24, 2.45) is 0 Å². The molecule has 0 aliphatic heterocycles. The highest BCUT2D eigenvalue weighted by Gasteiger charge is 2.16. The first-order chi connectivity index (χ1) is 12.8. The van der Waals surface area contributed by atoms with Crippen LogP contribution in [0.1, 0.15) is 44.5 Å². The van der Waals surface area contributed by atoms with Crippen LogP contribution in [0.2, 0.25) is 0 Å². The summed E-state index contributed by atoms with van der Waals surface area (Å²) < 4.78 is 0. The molecular weight excluding hydrogens is 336 g/mol. The maximum atomic E-state index is 10.7. The number of phenols is 3. The summed E-state index contributed by atoms with van der Waals surface area (Å²) in [5.74, 6) is 0.785. The maximum Gasteiger partial charge on any atom is 0.122 e. The van der Waals surface area contributed by atoms with Crippen LogP contribution in [-0.4, -0.2) is 15.3 Å². The molecule has 0 heterocycles.